The van der Waals surface area contributed by atoms with E-state index >= 15 is 0 Å². The smallest absolute Gasteiger partial charge is 0.319 e. The van der Waals surface area contributed by atoms with E-state index in [4.69, 9.17) is 0 Å². The van der Waals surface area contributed by atoms with Crippen molar-refractivity contribution in [3.63, 3.8) is 0 Å². The molecule has 2 amide bonds. The molecule has 0 aliphatic rings. The SMILES string of the molecule is C/C(=C\NC(=O)NCc1ccccc1)C(C)(C)C. The lowest BCUT2D eigenvalue weighted by atomic mass is 9.88. The summed E-state index contributed by atoms with van der Waals surface area (Å²) in [6.07, 6.45) is 1.76. The van der Waals surface area contributed by atoms with E-state index < -0.39 is 0 Å². The summed E-state index contributed by atoms with van der Waals surface area (Å²) in [5.41, 5.74) is 2.30. The van der Waals surface area contributed by atoms with Gasteiger partial charge in [-0.1, -0.05) is 56.7 Å². The van der Waals surface area contributed by atoms with Gasteiger partial charge in [0.1, 0.15) is 0 Å². The van der Waals surface area contributed by atoms with E-state index in [0.29, 0.717) is 6.54 Å². The monoisotopic (exact) mass is 246 g/mol. The molecule has 0 bridgehead atoms. The molecule has 98 valence electrons. The molecule has 3 heteroatoms. The van der Waals surface area contributed by atoms with Crippen LogP contribution in [0.4, 0.5) is 4.79 Å². The highest BCUT2D eigenvalue weighted by molar-refractivity contribution is 5.74. The Balaban J connectivity index is 2.39. The van der Waals surface area contributed by atoms with Gasteiger partial charge in [-0.3, -0.25) is 0 Å². The number of rotatable bonds is 3. The Morgan fingerprint density at radius 2 is 1.83 bits per heavy atom. The van der Waals surface area contributed by atoms with Crippen molar-refractivity contribution in [1.29, 1.82) is 0 Å². The molecule has 1 aromatic carbocycles. The highest BCUT2D eigenvalue weighted by Crippen LogP contribution is 2.23. The average molecular weight is 246 g/mol. The number of hydrogen-bond acceptors (Lipinski definition) is 1. The zero-order valence-electron chi connectivity index (χ0n) is 11.6. The molecule has 0 radical (unpaired) electrons. The zero-order chi connectivity index (χ0) is 13.6. The lowest BCUT2D eigenvalue weighted by Crippen LogP contribution is -2.32. The van der Waals surface area contributed by atoms with Gasteiger partial charge in [-0.05, 0) is 17.9 Å². The van der Waals surface area contributed by atoms with Crippen LogP contribution in [0, 0.1) is 5.41 Å². The van der Waals surface area contributed by atoms with Gasteiger partial charge in [-0.2, -0.15) is 0 Å². The topological polar surface area (TPSA) is 41.1 Å². The molecule has 0 fully saturated rings. The van der Waals surface area contributed by atoms with Crippen LogP contribution in [0.5, 0.6) is 0 Å². The summed E-state index contributed by atoms with van der Waals surface area (Å²) in [5.74, 6) is 0. The number of benzene rings is 1. The maximum absolute atomic E-state index is 11.6. The highest BCUT2D eigenvalue weighted by atomic mass is 16.2. The normalized spacial score (nSPS) is 12.1. The van der Waals surface area contributed by atoms with Crippen LogP contribution < -0.4 is 10.6 Å². The van der Waals surface area contributed by atoms with Gasteiger partial charge in [0.15, 0.2) is 0 Å². The van der Waals surface area contributed by atoms with Crippen LogP contribution in [0.25, 0.3) is 0 Å². The molecule has 3 nitrogen and oxygen atoms in total. The van der Waals surface area contributed by atoms with Crippen molar-refractivity contribution in [3.8, 4) is 0 Å². The van der Waals surface area contributed by atoms with Gasteiger partial charge < -0.3 is 10.6 Å². The number of carbonyl (C=O) groups is 1. The molecule has 0 aliphatic carbocycles. The fourth-order valence-corrected chi connectivity index (χ4v) is 1.22. The first-order chi connectivity index (χ1) is 8.39. The number of hydrogen-bond donors (Lipinski definition) is 2. The molecule has 0 saturated carbocycles. The quantitative estimate of drug-likeness (QED) is 0.842. The minimum atomic E-state index is -0.178. The Labute approximate surface area is 109 Å². The van der Waals surface area contributed by atoms with Crippen molar-refractivity contribution in [3.05, 3.63) is 47.7 Å². The van der Waals surface area contributed by atoms with Gasteiger partial charge in [0.05, 0.1) is 0 Å². The van der Waals surface area contributed by atoms with Crippen molar-refractivity contribution in [1.82, 2.24) is 10.6 Å². The minimum Gasteiger partial charge on any atom is -0.334 e. The van der Waals surface area contributed by atoms with Crippen molar-refractivity contribution in [2.45, 2.75) is 34.2 Å². The Bertz CT molecular complexity index is 416. The van der Waals surface area contributed by atoms with Crippen LogP contribution in [0.3, 0.4) is 0 Å². The van der Waals surface area contributed by atoms with Gasteiger partial charge >= 0.3 is 6.03 Å². The maximum atomic E-state index is 11.6. The van der Waals surface area contributed by atoms with Crippen LogP contribution in [-0.2, 0) is 6.54 Å². The summed E-state index contributed by atoms with van der Waals surface area (Å²) in [6, 6.07) is 9.66. The lowest BCUT2D eigenvalue weighted by molar-refractivity contribution is 0.243. The molecule has 18 heavy (non-hydrogen) atoms. The third kappa shape index (κ3) is 5.04. The Morgan fingerprint density at radius 1 is 1.22 bits per heavy atom. The maximum Gasteiger partial charge on any atom is 0.319 e. The summed E-state index contributed by atoms with van der Waals surface area (Å²) in [5, 5.41) is 5.56. The van der Waals surface area contributed by atoms with Crippen LogP contribution >= 0.6 is 0 Å². The molecule has 1 rings (SSSR count). The number of carbonyl (C=O) groups excluding carboxylic acids is 1. The second kappa shape index (κ2) is 6.24. The van der Waals surface area contributed by atoms with Crippen molar-refractivity contribution >= 4 is 6.03 Å². The number of amides is 2. The second-order valence-electron chi connectivity index (χ2n) is 5.39. The third-order valence-electron chi connectivity index (χ3n) is 2.90. The van der Waals surface area contributed by atoms with Crippen LogP contribution in [0.15, 0.2) is 42.1 Å². The number of nitrogens with one attached hydrogen (secondary N) is 2. The van der Waals surface area contributed by atoms with Crippen LogP contribution in [0.1, 0.15) is 33.3 Å². The molecule has 0 aromatic heterocycles. The fraction of sp³-hybridized carbons (Fsp3) is 0.400. The van der Waals surface area contributed by atoms with E-state index in [0.717, 1.165) is 11.1 Å². The molecule has 0 saturated heterocycles. The van der Waals surface area contributed by atoms with E-state index in [2.05, 4.69) is 31.4 Å². The van der Waals surface area contributed by atoms with Crippen LogP contribution in [0.2, 0.25) is 0 Å². The molecule has 1 aromatic rings. The zero-order valence-corrected chi connectivity index (χ0v) is 11.6. The van der Waals surface area contributed by atoms with Crippen molar-refractivity contribution in [2.75, 3.05) is 0 Å². The summed E-state index contributed by atoms with van der Waals surface area (Å²) in [6.45, 7) is 8.89. The predicted octanol–water partition coefficient (Wildman–Crippen LogP) is 3.44. The van der Waals surface area contributed by atoms with E-state index in [1.807, 2.05) is 37.3 Å². The second-order valence-corrected chi connectivity index (χ2v) is 5.39. The van der Waals surface area contributed by atoms with E-state index in [-0.39, 0.29) is 11.4 Å². The van der Waals surface area contributed by atoms with Gasteiger partial charge in [-0.15, -0.1) is 0 Å². The molecule has 0 aliphatic heterocycles. The van der Waals surface area contributed by atoms with Crippen LogP contribution in [-0.4, -0.2) is 6.03 Å². The standard InChI is InChI=1S/C15H22N2O/c1-12(15(2,3)4)10-16-14(18)17-11-13-8-6-5-7-9-13/h5-10H,11H2,1-4H3,(H2,16,17,18)/b12-10+. The summed E-state index contributed by atoms with van der Waals surface area (Å²) >= 11 is 0. The summed E-state index contributed by atoms with van der Waals surface area (Å²) in [4.78, 5) is 11.6. The first kappa shape index (κ1) is 14.3. The Hall–Kier alpha value is -1.77. The van der Waals surface area contributed by atoms with Gasteiger partial charge in [0.2, 0.25) is 0 Å². The van der Waals surface area contributed by atoms with Gasteiger partial charge in [0, 0.05) is 12.7 Å². The Morgan fingerprint density at radius 3 is 2.39 bits per heavy atom. The minimum absolute atomic E-state index is 0.0761. The Kier molecular flexibility index (Phi) is 4.95. The van der Waals surface area contributed by atoms with Crippen molar-refractivity contribution < 1.29 is 4.79 Å². The number of allylic oxidation sites excluding steroid dienone is 1. The molecule has 2 N–H and O–H groups in total. The van der Waals surface area contributed by atoms with Gasteiger partial charge in [-0.25, -0.2) is 4.79 Å². The molecular formula is C15H22N2O. The molecule has 0 unspecified atom stereocenters. The van der Waals surface area contributed by atoms with Crippen molar-refractivity contribution in [2.24, 2.45) is 5.41 Å². The van der Waals surface area contributed by atoms with Gasteiger partial charge in [0.25, 0.3) is 0 Å². The lowest BCUT2D eigenvalue weighted by Gasteiger charge is -2.19. The first-order valence-corrected chi connectivity index (χ1v) is 6.15. The molecule has 0 atom stereocenters. The largest absolute Gasteiger partial charge is 0.334 e. The average Bonchev–Trinajstić information content (AvgIpc) is 2.33. The fourth-order valence-electron chi connectivity index (χ4n) is 1.22. The van der Waals surface area contributed by atoms with E-state index in [1.54, 1.807) is 6.20 Å². The molecular weight excluding hydrogens is 224 g/mol. The van der Waals surface area contributed by atoms with E-state index in [1.165, 1.54) is 0 Å². The number of urea groups is 1. The predicted molar refractivity (Wildman–Crippen MR) is 75.0 cm³/mol. The molecule has 0 spiro atoms. The first-order valence-electron chi connectivity index (χ1n) is 6.15. The molecule has 0 heterocycles. The summed E-state index contributed by atoms with van der Waals surface area (Å²) < 4.78 is 0. The van der Waals surface area contributed by atoms with E-state index in [9.17, 15) is 4.79 Å². The highest BCUT2D eigenvalue weighted by Gasteiger charge is 2.12. The third-order valence-corrected chi connectivity index (χ3v) is 2.90. The summed E-state index contributed by atoms with van der Waals surface area (Å²) in [7, 11) is 0.